The van der Waals surface area contributed by atoms with Crippen LogP contribution in [-0.4, -0.2) is 25.9 Å². The van der Waals surface area contributed by atoms with Crippen LogP contribution in [0, 0.1) is 0 Å². The molecule has 0 aromatic heterocycles. The molecular formula is C17H24O3S. The van der Waals surface area contributed by atoms with Crippen LogP contribution in [0.4, 0.5) is 0 Å². The smallest absolute Gasteiger partial charge is 0.125 e. The van der Waals surface area contributed by atoms with Crippen molar-refractivity contribution in [3.05, 3.63) is 29.8 Å². The van der Waals surface area contributed by atoms with Crippen LogP contribution in [0.2, 0.25) is 0 Å². The average Bonchev–Trinajstić information content (AvgIpc) is 2.41. The lowest BCUT2D eigenvalue weighted by Gasteiger charge is -2.44. The maximum atomic E-state index is 12.4. The van der Waals surface area contributed by atoms with Gasteiger partial charge in [-0.05, 0) is 45.6 Å². The maximum absolute atomic E-state index is 12.4. The Kier molecular flexibility index (Phi) is 4.10. The molecule has 2 heterocycles. The topological polar surface area (TPSA) is 46.5 Å². The molecule has 0 radical (unpaired) electrons. The molecule has 2 fully saturated rings. The Morgan fingerprint density at radius 2 is 1.86 bits per heavy atom. The minimum absolute atomic E-state index is 0.0759. The van der Waals surface area contributed by atoms with Gasteiger partial charge in [-0.25, -0.2) is 0 Å². The molecule has 2 atom stereocenters. The summed E-state index contributed by atoms with van der Waals surface area (Å²) < 4.78 is 18.2. The van der Waals surface area contributed by atoms with Crippen molar-refractivity contribution in [2.24, 2.45) is 0 Å². The molecule has 0 aliphatic carbocycles. The monoisotopic (exact) mass is 308 g/mol. The van der Waals surface area contributed by atoms with Crippen LogP contribution >= 0.6 is 0 Å². The number of aliphatic hydroxyl groups is 1. The summed E-state index contributed by atoms with van der Waals surface area (Å²) in [5.41, 5.74) is -0.0258. The van der Waals surface area contributed by atoms with Gasteiger partial charge in [0, 0.05) is 26.9 Å². The fourth-order valence-electron chi connectivity index (χ4n) is 3.71. The van der Waals surface area contributed by atoms with E-state index in [1.54, 1.807) is 0 Å². The van der Waals surface area contributed by atoms with Gasteiger partial charge in [-0.15, -0.1) is 0 Å². The van der Waals surface area contributed by atoms with Gasteiger partial charge in [-0.2, -0.15) is 0 Å². The van der Waals surface area contributed by atoms with Crippen LogP contribution in [0.1, 0.15) is 51.5 Å². The van der Waals surface area contributed by atoms with E-state index < -0.39 is 16.4 Å². The molecule has 2 saturated heterocycles. The Labute approximate surface area is 129 Å². The first-order chi connectivity index (χ1) is 9.99. The first kappa shape index (κ1) is 15.0. The van der Waals surface area contributed by atoms with Crippen LogP contribution in [0.25, 0.3) is 0 Å². The van der Waals surface area contributed by atoms with Crippen molar-refractivity contribution in [3.8, 4) is 5.75 Å². The van der Waals surface area contributed by atoms with E-state index in [-0.39, 0.29) is 16.6 Å². The molecule has 2 unspecified atom stereocenters. The van der Waals surface area contributed by atoms with Gasteiger partial charge in [-0.3, -0.25) is 4.21 Å². The predicted molar refractivity (Wildman–Crippen MR) is 84.9 cm³/mol. The first-order valence-corrected chi connectivity index (χ1v) is 9.15. The summed E-state index contributed by atoms with van der Waals surface area (Å²) in [4.78, 5) is 0. The summed E-state index contributed by atoms with van der Waals surface area (Å²) in [5, 5.41) is 11.5. The second-order valence-corrected chi connectivity index (χ2v) is 8.60. The number of rotatable bonds is 3. The first-order valence-electron chi connectivity index (χ1n) is 7.87. The number of para-hydroxylation sites is 1. The molecule has 3 rings (SSSR count). The Morgan fingerprint density at radius 3 is 2.48 bits per heavy atom. The zero-order valence-corrected chi connectivity index (χ0v) is 13.6. The van der Waals surface area contributed by atoms with Gasteiger partial charge in [-0.1, -0.05) is 24.6 Å². The van der Waals surface area contributed by atoms with Crippen molar-refractivity contribution in [1.82, 2.24) is 0 Å². The summed E-state index contributed by atoms with van der Waals surface area (Å²) in [6.45, 7) is 3.98. The van der Waals surface area contributed by atoms with Crippen LogP contribution in [0.3, 0.4) is 0 Å². The zero-order chi connectivity index (χ0) is 15.0. The molecule has 3 nitrogen and oxygen atoms in total. The van der Waals surface area contributed by atoms with Gasteiger partial charge >= 0.3 is 0 Å². The molecule has 4 heteroatoms. The van der Waals surface area contributed by atoms with E-state index in [4.69, 9.17) is 4.74 Å². The van der Waals surface area contributed by atoms with Crippen LogP contribution < -0.4 is 4.74 Å². The molecule has 0 amide bonds. The third kappa shape index (κ3) is 2.88. The molecule has 0 saturated carbocycles. The molecule has 21 heavy (non-hydrogen) atoms. The van der Waals surface area contributed by atoms with Crippen molar-refractivity contribution < 1.29 is 14.1 Å². The van der Waals surface area contributed by atoms with Gasteiger partial charge in [0.05, 0.1) is 11.7 Å². The molecule has 0 spiro atoms. The molecule has 2 bridgehead atoms. The third-order valence-corrected chi connectivity index (χ3v) is 6.71. The molecule has 1 N–H and O–H groups in total. The highest BCUT2D eigenvalue weighted by Gasteiger charge is 2.47. The van der Waals surface area contributed by atoms with Gasteiger partial charge in [0.15, 0.2) is 0 Å². The Balaban J connectivity index is 1.94. The SMILES string of the molecule is CC(C)Oc1ccccc1C1(O)CC2CCCC(C1)S2=O. The van der Waals surface area contributed by atoms with Gasteiger partial charge < -0.3 is 9.84 Å². The zero-order valence-electron chi connectivity index (χ0n) is 12.7. The summed E-state index contributed by atoms with van der Waals surface area (Å²) in [7, 11) is -0.774. The maximum Gasteiger partial charge on any atom is 0.125 e. The minimum atomic E-state index is -0.894. The molecule has 116 valence electrons. The number of fused-ring (bicyclic) bond motifs is 2. The molecule has 1 aromatic carbocycles. The number of hydrogen-bond donors (Lipinski definition) is 1. The average molecular weight is 308 g/mol. The lowest BCUT2D eigenvalue weighted by atomic mass is 9.80. The Morgan fingerprint density at radius 1 is 1.24 bits per heavy atom. The van der Waals surface area contributed by atoms with E-state index in [0.717, 1.165) is 30.6 Å². The van der Waals surface area contributed by atoms with E-state index in [1.807, 2.05) is 38.1 Å². The van der Waals surface area contributed by atoms with Crippen LogP contribution in [-0.2, 0) is 16.4 Å². The highest BCUT2D eigenvalue weighted by Crippen LogP contribution is 2.46. The van der Waals surface area contributed by atoms with E-state index in [1.165, 1.54) is 0 Å². The van der Waals surface area contributed by atoms with Crippen molar-refractivity contribution in [3.63, 3.8) is 0 Å². The van der Waals surface area contributed by atoms with Crippen molar-refractivity contribution in [2.45, 2.75) is 68.2 Å². The van der Waals surface area contributed by atoms with Crippen molar-refractivity contribution in [2.75, 3.05) is 0 Å². The Bertz CT molecular complexity index is 525. The molecule has 1 aromatic rings. The fraction of sp³-hybridized carbons (Fsp3) is 0.647. The summed E-state index contributed by atoms with van der Waals surface area (Å²) in [6.07, 6.45) is 4.34. The minimum Gasteiger partial charge on any atom is -0.491 e. The van der Waals surface area contributed by atoms with Crippen LogP contribution in [0.15, 0.2) is 24.3 Å². The normalized spacial score (nSPS) is 35.7. The predicted octanol–water partition coefficient (Wildman–Crippen LogP) is 3.13. The highest BCUT2D eigenvalue weighted by molar-refractivity contribution is 7.86. The Hall–Kier alpha value is -0.870. The van der Waals surface area contributed by atoms with Crippen LogP contribution in [0.5, 0.6) is 5.75 Å². The number of hydrogen-bond acceptors (Lipinski definition) is 3. The van der Waals surface area contributed by atoms with E-state index >= 15 is 0 Å². The largest absolute Gasteiger partial charge is 0.491 e. The standard InChI is InChI=1S/C17H24O3S/c1-12(2)20-16-9-4-3-8-15(16)17(18)10-13-6-5-7-14(11-17)21(13)19/h3-4,8-9,12-14,18H,5-7,10-11H2,1-2H3. The fourth-order valence-corrected chi connectivity index (χ4v) is 5.93. The van der Waals surface area contributed by atoms with Gasteiger partial charge in [0.1, 0.15) is 5.75 Å². The van der Waals surface area contributed by atoms with E-state index in [2.05, 4.69) is 0 Å². The van der Waals surface area contributed by atoms with E-state index in [0.29, 0.717) is 12.8 Å². The van der Waals surface area contributed by atoms with Gasteiger partial charge in [0.25, 0.3) is 0 Å². The lowest BCUT2D eigenvalue weighted by Crippen LogP contribution is -2.47. The molecule has 2 aliphatic rings. The summed E-state index contributed by atoms with van der Waals surface area (Å²) in [6, 6.07) is 7.77. The highest BCUT2D eigenvalue weighted by atomic mass is 32.2. The lowest BCUT2D eigenvalue weighted by molar-refractivity contribution is 0.00336. The van der Waals surface area contributed by atoms with E-state index in [9.17, 15) is 9.32 Å². The summed E-state index contributed by atoms with van der Waals surface area (Å²) >= 11 is 0. The second kappa shape index (κ2) is 5.73. The van der Waals surface area contributed by atoms with Crippen molar-refractivity contribution >= 4 is 10.8 Å². The summed E-state index contributed by atoms with van der Waals surface area (Å²) in [5.74, 6) is 0.765. The third-order valence-electron chi connectivity index (χ3n) is 4.59. The van der Waals surface area contributed by atoms with Gasteiger partial charge in [0.2, 0.25) is 0 Å². The van der Waals surface area contributed by atoms with Crippen molar-refractivity contribution in [1.29, 1.82) is 0 Å². The number of benzene rings is 1. The second-order valence-electron chi connectivity index (χ2n) is 6.61. The number of ether oxygens (including phenoxy) is 1. The molecular weight excluding hydrogens is 284 g/mol. The molecule has 2 aliphatic heterocycles. The quantitative estimate of drug-likeness (QED) is 0.933.